The van der Waals surface area contributed by atoms with Crippen LogP contribution in [0.1, 0.15) is 0 Å². The fourth-order valence-corrected chi connectivity index (χ4v) is 1.50. The molecule has 0 rings (SSSR count). The Bertz CT molecular complexity index is 51.8. The maximum atomic E-state index is 2.30. The topological polar surface area (TPSA) is 0 Å². The molecule has 4 heteroatoms. The highest BCUT2D eigenvalue weighted by Crippen LogP contribution is 2.18. The zero-order valence-corrected chi connectivity index (χ0v) is 7.33. The highest BCUT2D eigenvalue weighted by molar-refractivity contribution is 6.94. The normalized spacial score (nSPS) is 10.2. The third-order valence-corrected chi connectivity index (χ3v) is 3.00. The fraction of sp³-hybridized carbons (Fsp3) is 1.00. The highest BCUT2D eigenvalue weighted by atomic mass is 13.7. The Morgan fingerprint density at radius 3 is 0.889 bits per heavy atom. The number of hydrogen-bond acceptors (Lipinski definition) is 0. The van der Waals surface area contributed by atoms with Crippen molar-refractivity contribution in [3.63, 3.8) is 0 Å². The summed E-state index contributed by atoms with van der Waals surface area (Å²) in [7, 11) is 5.38. The van der Waals surface area contributed by atoms with Crippen molar-refractivity contribution in [2.75, 3.05) is 0 Å². The second kappa shape index (κ2) is 4.14. The minimum atomic E-state index is 0.667. The van der Waals surface area contributed by atoms with E-state index in [0.717, 1.165) is 0 Å². The van der Waals surface area contributed by atoms with E-state index in [1.807, 2.05) is 0 Å². The van der Waals surface area contributed by atoms with Gasteiger partial charge in [-0.3, -0.25) is 0 Å². The molecule has 0 aromatic heterocycles. The largest absolute Gasteiger partial charge is 0.127 e. The third kappa shape index (κ3) is 2.15. The molecule has 0 aromatic carbocycles. The molecule has 0 saturated heterocycles. The van der Waals surface area contributed by atoms with Crippen molar-refractivity contribution < 1.29 is 0 Å². The van der Waals surface area contributed by atoms with Crippen molar-refractivity contribution >= 4 is 29.1 Å². The van der Waals surface area contributed by atoms with Gasteiger partial charge in [-0.2, -0.15) is 0 Å². The first kappa shape index (κ1) is 9.26. The lowest BCUT2D eigenvalue weighted by Crippen LogP contribution is -2.34. The van der Waals surface area contributed by atoms with E-state index in [4.69, 9.17) is 0 Å². The van der Waals surface area contributed by atoms with Crippen molar-refractivity contribution in [2.45, 2.75) is 32.3 Å². The van der Waals surface area contributed by atoms with Crippen molar-refractivity contribution in [1.82, 2.24) is 0 Å². The summed E-state index contributed by atoms with van der Waals surface area (Å²) in [5, 5.41) is 0.667. The quantitative estimate of drug-likeness (QED) is 0.456. The molecule has 0 heterocycles. The Kier molecular flexibility index (Phi) is 4.25. The van der Waals surface area contributed by atoms with Crippen LogP contribution in [-0.4, -0.2) is 29.1 Å². The molecule has 9 heavy (non-hydrogen) atoms. The van der Waals surface area contributed by atoms with Gasteiger partial charge >= 0.3 is 0 Å². The van der Waals surface area contributed by atoms with Gasteiger partial charge in [0.25, 0.3) is 0 Å². The van der Waals surface area contributed by atoms with Gasteiger partial charge in [-0.05, 0) is 0 Å². The summed E-state index contributed by atoms with van der Waals surface area (Å²) in [6.45, 7) is 9.21. The standard InChI is InChI=1S/C5H16B4/c1-6-5(7-2,8-3)9-4/h6-9H,1-4H3. The second-order valence-electron chi connectivity index (χ2n) is 2.91. The van der Waals surface area contributed by atoms with Gasteiger partial charge in [0.1, 0.15) is 29.1 Å². The average Bonchev–Trinajstić information content (AvgIpc) is 1.95. The highest BCUT2D eigenvalue weighted by Gasteiger charge is 2.23. The summed E-state index contributed by atoms with van der Waals surface area (Å²) < 4.78 is 0. The van der Waals surface area contributed by atoms with Crippen molar-refractivity contribution in [2.24, 2.45) is 0 Å². The van der Waals surface area contributed by atoms with Crippen LogP contribution in [0.4, 0.5) is 0 Å². The first-order valence-electron chi connectivity index (χ1n) is 4.24. The molecule has 0 aliphatic heterocycles. The molecule has 48 valence electrons. The summed E-state index contributed by atoms with van der Waals surface area (Å²) >= 11 is 0. The van der Waals surface area contributed by atoms with Crippen molar-refractivity contribution in [3.05, 3.63) is 0 Å². The van der Waals surface area contributed by atoms with E-state index in [2.05, 4.69) is 27.3 Å². The minimum Gasteiger partial charge on any atom is -0.127 e. The van der Waals surface area contributed by atoms with Crippen LogP contribution < -0.4 is 0 Å². The molecule has 0 aliphatic carbocycles. The second-order valence-corrected chi connectivity index (χ2v) is 2.91. The van der Waals surface area contributed by atoms with Crippen molar-refractivity contribution in [1.29, 1.82) is 0 Å². The van der Waals surface area contributed by atoms with Crippen LogP contribution in [-0.2, 0) is 0 Å². The van der Waals surface area contributed by atoms with Gasteiger partial charge in [0, 0.05) is 0 Å². The summed E-state index contributed by atoms with van der Waals surface area (Å²) in [6, 6.07) is 0. The van der Waals surface area contributed by atoms with Gasteiger partial charge < -0.3 is 0 Å². The molecule has 0 radical (unpaired) electrons. The Hall–Kier alpha value is 0.260. The molecule has 0 bridgehead atoms. The lowest BCUT2D eigenvalue weighted by Gasteiger charge is -2.25. The van der Waals surface area contributed by atoms with E-state index in [-0.39, 0.29) is 0 Å². The van der Waals surface area contributed by atoms with Crippen LogP contribution in [0.25, 0.3) is 0 Å². The molecule has 0 unspecified atom stereocenters. The van der Waals surface area contributed by atoms with Crippen LogP contribution in [0.5, 0.6) is 0 Å². The zero-order chi connectivity index (χ0) is 7.33. The lowest BCUT2D eigenvalue weighted by molar-refractivity contribution is 1.52. The molecule has 0 aromatic rings. The molecule has 0 atom stereocenters. The predicted molar refractivity (Wildman–Crippen MR) is 54.7 cm³/mol. The smallest absolute Gasteiger partial charge is 0.100 e. The van der Waals surface area contributed by atoms with Gasteiger partial charge in [-0.25, -0.2) is 0 Å². The molecular formula is C5H16B4. The summed E-state index contributed by atoms with van der Waals surface area (Å²) in [5.41, 5.74) is 0. The Morgan fingerprint density at radius 1 is 0.667 bits per heavy atom. The van der Waals surface area contributed by atoms with E-state index in [9.17, 15) is 0 Å². The van der Waals surface area contributed by atoms with Gasteiger partial charge in [0.05, 0.1) is 0 Å². The van der Waals surface area contributed by atoms with E-state index in [0.29, 0.717) is 5.01 Å². The van der Waals surface area contributed by atoms with Crippen LogP contribution in [0.15, 0.2) is 0 Å². The van der Waals surface area contributed by atoms with Gasteiger partial charge in [-0.15, -0.1) is 5.01 Å². The van der Waals surface area contributed by atoms with Crippen LogP contribution in [0, 0.1) is 0 Å². The summed E-state index contributed by atoms with van der Waals surface area (Å²) in [6.07, 6.45) is 0. The molecule has 0 amide bonds. The Balaban J connectivity index is 3.82. The van der Waals surface area contributed by atoms with E-state index in [1.165, 1.54) is 29.1 Å². The zero-order valence-electron chi connectivity index (χ0n) is 7.33. The maximum absolute atomic E-state index is 2.30. The summed E-state index contributed by atoms with van der Waals surface area (Å²) in [4.78, 5) is 0. The first-order chi connectivity index (χ1) is 4.24. The van der Waals surface area contributed by atoms with Crippen LogP contribution >= 0.6 is 0 Å². The Morgan fingerprint density at radius 2 is 0.889 bits per heavy atom. The fourth-order valence-electron chi connectivity index (χ4n) is 1.50. The molecule has 0 fully saturated rings. The maximum Gasteiger partial charge on any atom is 0.100 e. The average molecular weight is 119 g/mol. The molecule has 0 saturated carbocycles. The number of rotatable bonds is 4. The van der Waals surface area contributed by atoms with Crippen LogP contribution in [0.2, 0.25) is 32.3 Å². The van der Waals surface area contributed by atoms with E-state index < -0.39 is 0 Å². The first-order valence-corrected chi connectivity index (χ1v) is 4.24. The van der Waals surface area contributed by atoms with E-state index in [1.54, 1.807) is 0 Å². The van der Waals surface area contributed by atoms with Gasteiger partial charge in [-0.1, -0.05) is 27.3 Å². The molecular weight excluding hydrogens is 103 g/mol. The van der Waals surface area contributed by atoms with Crippen LogP contribution in [0.3, 0.4) is 0 Å². The van der Waals surface area contributed by atoms with E-state index >= 15 is 0 Å². The molecule has 0 N–H and O–H groups in total. The monoisotopic (exact) mass is 120 g/mol. The van der Waals surface area contributed by atoms with Gasteiger partial charge in [0.2, 0.25) is 0 Å². The molecule has 0 nitrogen and oxygen atoms in total. The predicted octanol–water partition coefficient (Wildman–Crippen LogP) is -0.0440. The third-order valence-electron chi connectivity index (χ3n) is 3.00. The Labute approximate surface area is 62.1 Å². The van der Waals surface area contributed by atoms with Crippen molar-refractivity contribution in [3.8, 4) is 0 Å². The lowest BCUT2D eigenvalue weighted by atomic mass is 9.10. The van der Waals surface area contributed by atoms with Gasteiger partial charge in [0.15, 0.2) is 0 Å². The molecule has 0 spiro atoms. The SMILES string of the molecule is CBC(BC)(BC)BC. The minimum absolute atomic E-state index is 0.667. The molecule has 0 aliphatic rings. The number of hydrogen-bond donors (Lipinski definition) is 0. The summed E-state index contributed by atoms with van der Waals surface area (Å²) in [5.74, 6) is 0.